The van der Waals surface area contributed by atoms with E-state index < -0.39 is 0 Å². The molecule has 0 spiro atoms. The molecule has 6 aliphatic rings. The first-order chi connectivity index (χ1) is 6.68. The van der Waals surface area contributed by atoms with Gasteiger partial charge in [0.05, 0.1) is 0 Å². The predicted molar refractivity (Wildman–Crippen MR) is 58.7 cm³/mol. The fourth-order valence-corrected chi connectivity index (χ4v) is 7.63. The molecular formula is C13H19B. The van der Waals surface area contributed by atoms with E-state index in [2.05, 4.69) is 21.7 Å². The molecule has 0 amide bonds. The minimum Gasteiger partial charge on any atom is -0.0664 e. The van der Waals surface area contributed by atoms with Crippen molar-refractivity contribution in [3.8, 4) is 0 Å². The highest BCUT2D eigenvalue weighted by molar-refractivity contribution is 6.16. The van der Waals surface area contributed by atoms with Gasteiger partial charge in [-0.1, -0.05) is 32.0 Å². The molecule has 0 aliphatic heterocycles. The summed E-state index contributed by atoms with van der Waals surface area (Å²) in [4.78, 5) is 0. The van der Waals surface area contributed by atoms with Gasteiger partial charge in [0.1, 0.15) is 7.85 Å². The summed E-state index contributed by atoms with van der Waals surface area (Å²) in [5, 5.41) is 0.691. The first-order valence-corrected chi connectivity index (χ1v) is 6.68. The van der Waals surface area contributed by atoms with E-state index >= 15 is 0 Å². The molecule has 0 heterocycles. The van der Waals surface area contributed by atoms with Gasteiger partial charge in [0.2, 0.25) is 0 Å². The van der Waals surface area contributed by atoms with E-state index in [1.807, 2.05) is 0 Å². The Hall–Kier alpha value is 0.0649. The maximum absolute atomic E-state index is 2.58. The second-order valence-corrected chi connectivity index (χ2v) is 7.45. The standard InChI is InChI=1S/C13H19B/c1-3-4-12(2,14)13-9-6-5-7(9)11(13)8(5)10(6)13/h5-11H,3-4,14H2,1-2H3. The number of hydrogen-bond donors (Lipinski definition) is 0. The van der Waals surface area contributed by atoms with Gasteiger partial charge in [-0.25, -0.2) is 0 Å². The lowest BCUT2D eigenvalue weighted by Gasteiger charge is -3.10. The monoisotopic (exact) mass is 186 g/mol. The van der Waals surface area contributed by atoms with E-state index in [0.717, 1.165) is 5.41 Å². The molecule has 14 heavy (non-hydrogen) atoms. The van der Waals surface area contributed by atoms with Crippen LogP contribution in [0.3, 0.4) is 0 Å². The molecule has 0 radical (unpaired) electrons. The van der Waals surface area contributed by atoms with Crippen molar-refractivity contribution in [1.29, 1.82) is 0 Å². The van der Waals surface area contributed by atoms with Crippen LogP contribution in [0, 0.1) is 46.8 Å². The third kappa shape index (κ3) is 0.328. The molecule has 1 atom stereocenters. The molecule has 6 fully saturated rings. The molecule has 0 saturated heterocycles. The Morgan fingerprint density at radius 2 is 1.57 bits per heavy atom. The van der Waals surface area contributed by atoms with Gasteiger partial charge in [-0.15, -0.1) is 0 Å². The number of rotatable bonds is 3. The Morgan fingerprint density at radius 1 is 1.07 bits per heavy atom. The van der Waals surface area contributed by atoms with E-state index in [1.165, 1.54) is 54.3 Å². The first kappa shape index (κ1) is 7.36. The molecule has 0 nitrogen and oxygen atoms in total. The smallest absolute Gasteiger partial charge is 0.0664 e. The highest BCUT2D eigenvalue weighted by Crippen LogP contribution is 3.09. The van der Waals surface area contributed by atoms with Crippen molar-refractivity contribution in [2.75, 3.05) is 0 Å². The van der Waals surface area contributed by atoms with Crippen molar-refractivity contribution >= 4 is 7.85 Å². The zero-order valence-corrected chi connectivity index (χ0v) is 9.46. The van der Waals surface area contributed by atoms with Gasteiger partial charge in [0.15, 0.2) is 0 Å². The van der Waals surface area contributed by atoms with E-state index in [9.17, 15) is 0 Å². The second-order valence-electron chi connectivity index (χ2n) is 7.45. The zero-order valence-electron chi connectivity index (χ0n) is 9.46. The fourth-order valence-electron chi connectivity index (χ4n) is 7.63. The van der Waals surface area contributed by atoms with Crippen LogP contribution in [0.2, 0.25) is 5.31 Å². The SMILES string of the molecule is BC(C)(CCC)C12C3C4C5C3C1C5C42. The molecule has 74 valence electrons. The summed E-state index contributed by atoms with van der Waals surface area (Å²) in [6.07, 6.45) is 2.87. The maximum atomic E-state index is 2.58. The summed E-state index contributed by atoms with van der Waals surface area (Å²) in [7, 11) is 2.58. The van der Waals surface area contributed by atoms with E-state index in [0.29, 0.717) is 5.31 Å². The Bertz CT molecular complexity index is 305. The minimum absolute atomic E-state index is 0.691. The molecule has 6 rings (SSSR count). The number of hydrogen-bond acceptors (Lipinski definition) is 0. The average molecular weight is 186 g/mol. The molecule has 0 N–H and O–H groups in total. The van der Waals surface area contributed by atoms with Crippen molar-refractivity contribution in [2.45, 2.75) is 32.0 Å². The van der Waals surface area contributed by atoms with Gasteiger partial charge >= 0.3 is 0 Å². The molecule has 0 aromatic carbocycles. The van der Waals surface area contributed by atoms with E-state index in [4.69, 9.17) is 0 Å². The predicted octanol–water partition coefficient (Wildman–Crippen LogP) is 1.97. The quantitative estimate of drug-likeness (QED) is 0.591. The normalized spacial score (nSPS) is 76.9. The van der Waals surface area contributed by atoms with Crippen molar-refractivity contribution in [2.24, 2.45) is 46.8 Å². The summed E-state index contributed by atoms with van der Waals surface area (Å²) in [6.45, 7) is 4.95. The van der Waals surface area contributed by atoms with Crippen LogP contribution in [0.15, 0.2) is 0 Å². The minimum atomic E-state index is 0.691. The summed E-state index contributed by atoms with van der Waals surface area (Å²) in [6, 6.07) is 0. The van der Waals surface area contributed by atoms with E-state index in [-0.39, 0.29) is 0 Å². The van der Waals surface area contributed by atoms with Gasteiger partial charge in [0, 0.05) is 0 Å². The van der Waals surface area contributed by atoms with Crippen LogP contribution >= 0.6 is 0 Å². The van der Waals surface area contributed by atoms with Crippen molar-refractivity contribution in [3.63, 3.8) is 0 Å². The molecule has 0 bridgehead atoms. The summed E-state index contributed by atoms with van der Waals surface area (Å²) >= 11 is 0. The van der Waals surface area contributed by atoms with Gasteiger partial charge in [-0.3, -0.25) is 0 Å². The topological polar surface area (TPSA) is 0 Å². The zero-order chi connectivity index (χ0) is 9.46. The Labute approximate surface area is 87.2 Å². The van der Waals surface area contributed by atoms with Crippen LogP contribution in [0.4, 0.5) is 0 Å². The molecule has 6 aliphatic carbocycles. The van der Waals surface area contributed by atoms with Gasteiger partial charge in [0.25, 0.3) is 0 Å². The summed E-state index contributed by atoms with van der Waals surface area (Å²) < 4.78 is 0. The Kier molecular flexibility index (Phi) is 0.813. The third-order valence-corrected chi connectivity index (χ3v) is 7.52. The Morgan fingerprint density at radius 3 is 2.00 bits per heavy atom. The second kappa shape index (κ2) is 1.55. The highest BCUT2D eigenvalue weighted by Gasteiger charge is 3.05. The van der Waals surface area contributed by atoms with Crippen LogP contribution in [-0.4, -0.2) is 7.85 Å². The van der Waals surface area contributed by atoms with Crippen LogP contribution in [0.25, 0.3) is 0 Å². The van der Waals surface area contributed by atoms with E-state index in [1.54, 1.807) is 0 Å². The lowest BCUT2D eigenvalue weighted by Crippen LogP contribution is -3.06. The van der Waals surface area contributed by atoms with Crippen molar-refractivity contribution in [3.05, 3.63) is 0 Å². The molecule has 6 saturated carbocycles. The van der Waals surface area contributed by atoms with Crippen LogP contribution < -0.4 is 0 Å². The first-order valence-electron chi connectivity index (χ1n) is 6.68. The molecule has 0 aromatic heterocycles. The van der Waals surface area contributed by atoms with Crippen molar-refractivity contribution in [1.82, 2.24) is 0 Å². The summed E-state index contributed by atoms with van der Waals surface area (Å²) in [5.74, 6) is 8.83. The largest absolute Gasteiger partial charge is 0.109 e. The van der Waals surface area contributed by atoms with Crippen LogP contribution in [0.5, 0.6) is 0 Å². The maximum Gasteiger partial charge on any atom is 0.109 e. The Balaban J connectivity index is 1.57. The molecule has 1 heteroatoms. The highest BCUT2D eigenvalue weighted by atomic mass is 15.1. The molecule has 0 aromatic rings. The fraction of sp³-hybridized carbons (Fsp3) is 1.00. The molecular weight excluding hydrogens is 167 g/mol. The van der Waals surface area contributed by atoms with Crippen molar-refractivity contribution < 1.29 is 0 Å². The molecule has 1 unspecified atom stereocenters. The van der Waals surface area contributed by atoms with Gasteiger partial charge in [-0.2, -0.15) is 0 Å². The summed E-state index contributed by atoms with van der Waals surface area (Å²) in [5.41, 5.74) is 0.914. The third-order valence-electron chi connectivity index (χ3n) is 7.52. The van der Waals surface area contributed by atoms with Crippen LogP contribution in [0.1, 0.15) is 26.7 Å². The average Bonchev–Trinajstić information content (AvgIpc) is 2.18. The lowest BCUT2D eigenvalue weighted by molar-refractivity contribution is -0.622. The van der Waals surface area contributed by atoms with Crippen LogP contribution in [-0.2, 0) is 0 Å². The van der Waals surface area contributed by atoms with Gasteiger partial charge < -0.3 is 0 Å². The van der Waals surface area contributed by atoms with Gasteiger partial charge in [-0.05, 0) is 46.8 Å². The lowest BCUT2D eigenvalue weighted by atomic mass is 8.93.